The summed E-state index contributed by atoms with van der Waals surface area (Å²) < 4.78 is 5.27. The van der Waals surface area contributed by atoms with Crippen LogP contribution in [0.1, 0.15) is 98.4 Å². The Hall–Kier alpha value is -1.51. The molecule has 0 heterocycles. The molecule has 0 saturated carbocycles. The van der Waals surface area contributed by atoms with Crippen LogP contribution in [0.3, 0.4) is 0 Å². The smallest absolute Gasteiger partial charge is 0.450 e. The number of hydrogen-bond donors (Lipinski definition) is 1. The van der Waals surface area contributed by atoms with Gasteiger partial charge >= 0.3 is 6.16 Å². The normalized spacial score (nSPS) is 13.7. The summed E-state index contributed by atoms with van der Waals surface area (Å²) in [7, 11) is 0. The Morgan fingerprint density at radius 1 is 0.680 bits per heavy atom. The summed E-state index contributed by atoms with van der Waals surface area (Å²) in [5.41, 5.74) is 3.55. The summed E-state index contributed by atoms with van der Waals surface area (Å²) in [5.74, 6) is 0. The van der Waals surface area contributed by atoms with Crippen molar-refractivity contribution in [1.82, 2.24) is 0 Å². The third-order valence-corrected chi connectivity index (χ3v) is 4.57. The Morgan fingerprint density at radius 2 is 0.960 bits per heavy atom. The van der Waals surface area contributed by atoms with Crippen LogP contribution in [0.2, 0.25) is 0 Å². The largest absolute Gasteiger partial charge is 0.506 e. The van der Waals surface area contributed by atoms with E-state index in [1.807, 2.05) is 13.8 Å². The first-order valence-electron chi connectivity index (χ1n) is 8.99. The van der Waals surface area contributed by atoms with Crippen LogP contribution in [0.5, 0.6) is 0 Å². The molecule has 25 heavy (non-hydrogen) atoms. The highest BCUT2D eigenvalue weighted by molar-refractivity contribution is 5.59. The molecule has 0 fully saturated rings. The molecule has 0 aliphatic carbocycles. The van der Waals surface area contributed by atoms with Crippen LogP contribution in [-0.4, -0.2) is 11.3 Å². The number of carboxylic acid groups (broad SMARTS) is 1. The van der Waals surface area contributed by atoms with E-state index in [4.69, 9.17) is 4.74 Å². The minimum Gasteiger partial charge on any atom is -0.450 e. The second-order valence-corrected chi connectivity index (χ2v) is 10.6. The Morgan fingerprint density at radius 3 is 1.24 bits per heavy atom. The van der Waals surface area contributed by atoms with E-state index in [-0.39, 0.29) is 16.2 Å². The average molecular weight is 349 g/mol. The van der Waals surface area contributed by atoms with Crippen molar-refractivity contribution in [1.29, 1.82) is 0 Å². The fraction of sp³-hybridized carbons (Fsp3) is 0.682. The minimum absolute atomic E-state index is 0.00105. The zero-order chi connectivity index (χ0) is 20.0. The molecule has 3 nitrogen and oxygen atoms in total. The first-order valence-corrected chi connectivity index (χ1v) is 8.99. The maximum atomic E-state index is 11.2. The molecule has 1 aromatic carbocycles. The van der Waals surface area contributed by atoms with Gasteiger partial charge in [0.2, 0.25) is 0 Å². The van der Waals surface area contributed by atoms with Crippen molar-refractivity contribution in [2.24, 2.45) is 0 Å². The van der Waals surface area contributed by atoms with Gasteiger partial charge < -0.3 is 9.84 Å². The van der Waals surface area contributed by atoms with E-state index in [1.54, 1.807) is 0 Å². The second kappa shape index (κ2) is 6.34. The molecule has 0 aliphatic rings. The predicted octanol–water partition coefficient (Wildman–Crippen LogP) is 6.51. The fourth-order valence-corrected chi connectivity index (χ4v) is 3.23. The van der Waals surface area contributed by atoms with Gasteiger partial charge in [0, 0.05) is 0 Å². The van der Waals surface area contributed by atoms with E-state index < -0.39 is 11.8 Å². The van der Waals surface area contributed by atoms with Crippen molar-refractivity contribution in [3.8, 4) is 0 Å². The lowest BCUT2D eigenvalue weighted by atomic mass is 9.69. The minimum atomic E-state index is -1.25. The highest BCUT2D eigenvalue weighted by Gasteiger charge is 2.36. The number of rotatable bonds is 2. The van der Waals surface area contributed by atoms with E-state index in [0.29, 0.717) is 0 Å². The fourth-order valence-electron chi connectivity index (χ4n) is 3.23. The molecule has 0 amide bonds. The van der Waals surface area contributed by atoms with E-state index in [2.05, 4.69) is 74.4 Å². The van der Waals surface area contributed by atoms with Crippen LogP contribution >= 0.6 is 0 Å². The summed E-state index contributed by atoms with van der Waals surface area (Å²) in [6.07, 6.45) is -1.25. The first kappa shape index (κ1) is 21.5. The van der Waals surface area contributed by atoms with E-state index in [9.17, 15) is 9.90 Å². The van der Waals surface area contributed by atoms with Crippen LogP contribution in [0.15, 0.2) is 12.1 Å². The van der Waals surface area contributed by atoms with Gasteiger partial charge in [-0.05, 0) is 52.3 Å². The third-order valence-electron chi connectivity index (χ3n) is 4.57. The van der Waals surface area contributed by atoms with Crippen molar-refractivity contribution >= 4 is 6.16 Å². The van der Waals surface area contributed by atoms with Crippen molar-refractivity contribution in [2.45, 2.75) is 98.0 Å². The van der Waals surface area contributed by atoms with Crippen molar-refractivity contribution < 1.29 is 14.6 Å². The Labute approximate surface area is 153 Å². The second-order valence-electron chi connectivity index (χ2n) is 10.6. The van der Waals surface area contributed by atoms with Crippen LogP contribution in [0.4, 0.5) is 4.79 Å². The zero-order valence-electron chi connectivity index (χ0n) is 17.9. The SMILES string of the molecule is CC(C)(C)c1cc(C(C)(C)C)c(C(C)(C)OC(=O)O)cc1C(C)(C)C. The molecule has 1 N–H and O–H groups in total. The molecule has 1 rings (SSSR count). The van der Waals surface area contributed by atoms with Crippen molar-refractivity contribution in [2.75, 3.05) is 0 Å². The van der Waals surface area contributed by atoms with Crippen LogP contribution in [0, 0.1) is 0 Å². The summed E-state index contributed by atoms with van der Waals surface area (Å²) in [5, 5.41) is 9.19. The highest BCUT2D eigenvalue weighted by Crippen LogP contribution is 2.42. The van der Waals surface area contributed by atoms with E-state index >= 15 is 0 Å². The summed E-state index contributed by atoms with van der Waals surface area (Å²) in [6, 6.07) is 4.44. The van der Waals surface area contributed by atoms with E-state index in [1.165, 1.54) is 11.1 Å². The van der Waals surface area contributed by atoms with Crippen molar-refractivity contribution in [3.05, 3.63) is 34.4 Å². The van der Waals surface area contributed by atoms with Gasteiger partial charge in [0.1, 0.15) is 5.60 Å². The van der Waals surface area contributed by atoms with Gasteiger partial charge in [-0.1, -0.05) is 74.4 Å². The number of benzene rings is 1. The maximum absolute atomic E-state index is 11.2. The summed E-state index contributed by atoms with van der Waals surface area (Å²) in [6.45, 7) is 23.4. The van der Waals surface area contributed by atoms with E-state index in [0.717, 1.165) is 11.1 Å². The molecule has 0 atom stereocenters. The number of hydrogen-bond acceptors (Lipinski definition) is 2. The van der Waals surface area contributed by atoms with Gasteiger partial charge in [-0.25, -0.2) is 4.79 Å². The molecule has 1 aromatic rings. The Bertz CT molecular complexity index is 648. The van der Waals surface area contributed by atoms with Gasteiger partial charge in [0.25, 0.3) is 0 Å². The van der Waals surface area contributed by atoms with Crippen LogP contribution in [-0.2, 0) is 26.6 Å². The Balaban J connectivity index is 3.91. The van der Waals surface area contributed by atoms with Gasteiger partial charge in [-0.15, -0.1) is 0 Å². The molecule has 3 heteroatoms. The van der Waals surface area contributed by atoms with Crippen LogP contribution in [0.25, 0.3) is 0 Å². The standard InChI is InChI=1S/C22H36O3/c1-19(2,3)14-12-16(21(7,8)9)17(13-15(14)20(4,5)6)22(10,11)25-18(23)24/h12-13H,1-11H3,(H,23,24). The van der Waals surface area contributed by atoms with Gasteiger partial charge in [-0.3, -0.25) is 0 Å². The third kappa shape index (κ3) is 4.99. The monoisotopic (exact) mass is 348 g/mol. The molecule has 0 unspecified atom stereocenters. The summed E-state index contributed by atoms with van der Waals surface area (Å²) >= 11 is 0. The first-order chi connectivity index (χ1) is 10.9. The topological polar surface area (TPSA) is 46.5 Å². The number of carbonyl (C=O) groups is 1. The Kier molecular flexibility index (Phi) is 5.46. The zero-order valence-corrected chi connectivity index (χ0v) is 17.9. The van der Waals surface area contributed by atoms with Gasteiger partial charge in [0.05, 0.1) is 0 Å². The maximum Gasteiger partial charge on any atom is 0.506 e. The molecule has 0 saturated heterocycles. The predicted molar refractivity (Wildman–Crippen MR) is 105 cm³/mol. The lowest BCUT2D eigenvalue weighted by Crippen LogP contribution is -2.32. The molecular formula is C22H36O3. The van der Waals surface area contributed by atoms with Gasteiger partial charge in [0.15, 0.2) is 0 Å². The van der Waals surface area contributed by atoms with Crippen molar-refractivity contribution in [3.63, 3.8) is 0 Å². The molecule has 0 spiro atoms. The molecule has 0 aromatic heterocycles. The molecule has 0 bridgehead atoms. The highest BCUT2D eigenvalue weighted by atomic mass is 16.7. The average Bonchev–Trinajstić information content (AvgIpc) is 2.32. The lowest BCUT2D eigenvalue weighted by Gasteiger charge is -2.37. The molecule has 0 aliphatic heterocycles. The summed E-state index contributed by atoms with van der Waals surface area (Å²) in [4.78, 5) is 11.2. The van der Waals surface area contributed by atoms with Gasteiger partial charge in [-0.2, -0.15) is 0 Å². The molecular weight excluding hydrogens is 312 g/mol. The molecule has 142 valence electrons. The number of ether oxygens (including phenoxy) is 1. The quantitative estimate of drug-likeness (QED) is 0.620. The van der Waals surface area contributed by atoms with Crippen LogP contribution < -0.4 is 0 Å². The lowest BCUT2D eigenvalue weighted by molar-refractivity contribution is -0.0000190. The molecule has 0 radical (unpaired) electrons.